The smallest absolute Gasteiger partial charge is 0.338 e. The molecule has 39 heavy (non-hydrogen) atoms. The van der Waals surface area contributed by atoms with Gasteiger partial charge in [-0.05, 0) is 54.8 Å². The summed E-state index contributed by atoms with van der Waals surface area (Å²) in [6, 6.07) is 23.7. The van der Waals surface area contributed by atoms with Gasteiger partial charge in [-0.15, -0.1) is 0 Å². The Labute approximate surface area is 235 Å². The van der Waals surface area contributed by atoms with Crippen LogP contribution in [0.3, 0.4) is 0 Å². The summed E-state index contributed by atoms with van der Waals surface area (Å²) in [6.07, 6.45) is -0.0865. The molecule has 7 heteroatoms. The Bertz CT molecular complexity index is 1300. The van der Waals surface area contributed by atoms with E-state index in [2.05, 4.69) is 56.5 Å². The molecule has 3 aromatic carbocycles. The highest BCUT2D eigenvalue weighted by molar-refractivity contribution is 7.03. The number of ether oxygens (including phenoxy) is 3. The molecule has 1 atom stereocenters. The Morgan fingerprint density at radius 2 is 1.49 bits per heavy atom. The van der Waals surface area contributed by atoms with E-state index < -0.39 is 22.4 Å². The predicted octanol–water partition coefficient (Wildman–Crippen LogP) is 6.17. The Balaban J connectivity index is 1.71. The molecule has 4 rings (SSSR count). The lowest BCUT2D eigenvalue weighted by atomic mass is 9.97. The number of aliphatic hydroxyl groups excluding tert-OH is 1. The second-order valence-corrected chi connectivity index (χ2v) is 21.3. The average molecular weight is 563 g/mol. The van der Waals surface area contributed by atoms with E-state index in [4.69, 9.17) is 14.2 Å². The van der Waals surface area contributed by atoms with E-state index in [1.165, 1.54) is 17.7 Å². The monoisotopic (exact) mass is 562 g/mol. The van der Waals surface area contributed by atoms with Crippen LogP contribution in [0.25, 0.3) is 22.3 Å². The number of benzene rings is 3. The molecule has 0 aromatic heterocycles. The fourth-order valence-electron chi connectivity index (χ4n) is 5.33. The largest absolute Gasteiger partial charge is 0.493 e. The molecule has 0 saturated heterocycles. The molecule has 3 aromatic rings. The van der Waals surface area contributed by atoms with Crippen LogP contribution >= 0.6 is 0 Å². The molecule has 0 spiro atoms. The van der Waals surface area contributed by atoms with Crippen LogP contribution in [0.1, 0.15) is 30.6 Å². The summed E-state index contributed by atoms with van der Waals surface area (Å²) in [6.45, 7) is 14.7. The molecular formula is C32H42O5Si2. The number of fused-ring (bicyclic) bond motifs is 1. The van der Waals surface area contributed by atoms with Crippen molar-refractivity contribution in [2.24, 2.45) is 0 Å². The van der Waals surface area contributed by atoms with E-state index in [1.807, 2.05) is 37.3 Å². The van der Waals surface area contributed by atoms with E-state index in [1.54, 1.807) is 17.3 Å². The van der Waals surface area contributed by atoms with Crippen LogP contribution < -0.4 is 15.1 Å². The Morgan fingerprint density at radius 3 is 2.15 bits per heavy atom. The molecule has 1 N–H and O–H groups in total. The van der Waals surface area contributed by atoms with Crippen molar-refractivity contribution in [3.63, 3.8) is 0 Å². The quantitative estimate of drug-likeness (QED) is 0.139. The van der Waals surface area contributed by atoms with Gasteiger partial charge in [-0.3, -0.25) is 0 Å². The van der Waals surface area contributed by atoms with E-state index >= 15 is 0 Å². The van der Waals surface area contributed by atoms with Crippen molar-refractivity contribution in [2.75, 3.05) is 19.8 Å². The topological polar surface area (TPSA) is 65.0 Å². The Hall–Kier alpha value is -2.72. The minimum Gasteiger partial charge on any atom is -0.493 e. The van der Waals surface area contributed by atoms with Gasteiger partial charge in [0.05, 0.1) is 41.5 Å². The molecule has 0 amide bonds. The van der Waals surface area contributed by atoms with E-state index in [0.717, 1.165) is 22.4 Å². The number of carbonyl (C=O) groups is 1. The van der Waals surface area contributed by atoms with Gasteiger partial charge >= 0.3 is 5.97 Å². The minimum atomic E-state index is -1.52. The highest BCUT2D eigenvalue weighted by Crippen LogP contribution is 2.36. The van der Waals surface area contributed by atoms with Crippen LogP contribution in [0, 0.1) is 0 Å². The number of carbonyl (C=O) groups excluding carboxylic acids is 1. The number of hydrogen-bond acceptors (Lipinski definition) is 5. The maximum absolute atomic E-state index is 12.1. The fourth-order valence-corrected chi connectivity index (χ4v) is 15.6. The van der Waals surface area contributed by atoms with E-state index in [9.17, 15) is 9.90 Å². The Morgan fingerprint density at radius 1 is 0.846 bits per heavy atom. The molecule has 0 saturated carbocycles. The van der Waals surface area contributed by atoms with Crippen molar-refractivity contribution in [3.8, 4) is 28.0 Å². The van der Waals surface area contributed by atoms with Gasteiger partial charge in [0.2, 0.25) is 0 Å². The first kappa shape index (κ1) is 29.3. The van der Waals surface area contributed by atoms with E-state index in [-0.39, 0.29) is 5.97 Å². The van der Waals surface area contributed by atoms with Crippen LogP contribution in [-0.4, -0.2) is 53.3 Å². The molecule has 5 nitrogen and oxygen atoms in total. The number of hydrogen-bond donors (Lipinski definition) is 1. The number of rotatable bonds is 10. The lowest BCUT2D eigenvalue weighted by Crippen LogP contribution is -2.63. The third-order valence-corrected chi connectivity index (χ3v) is 15.3. The highest BCUT2D eigenvalue weighted by atomic mass is 28.3. The van der Waals surface area contributed by atoms with Gasteiger partial charge in [-0.2, -0.15) is 0 Å². The molecule has 0 radical (unpaired) electrons. The third-order valence-electron chi connectivity index (χ3n) is 7.78. The van der Waals surface area contributed by atoms with Crippen molar-refractivity contribution in [1.82, 2.24) is 0 Å². The molecular weight excluding hydrogens is 521 g/mol. The zero-order valence-electron chi connectivity index (χ0n) is 24.2. The first-order valence-corrected chi connectivity index (χ1v) is 20.4. The summed E-state index contributed by atoms with van der Waals surface area (Å²) >= 11 is 0. The first-order chi connectivity index (χ1) is 18.5. The summed E-state index contributed by atoms with van der Waals surface area (Å²) < 4.78 is 16.7. The summed E-state index contributed by atoms with van der Waals surface area (Å²) in [7, 11) is -2.95. The van der Waals surface area contributed by atoms with Gasteiger partial charge in [0.25, 0.3) is 0 Å². The van der Waals surface area contributed by atoms with Crippen molar-refractivity contribution in [2.45, 2.75) is 64.8 Å². The standard InChI is InChI=1S/C32H42O5Si2/c1-7-35-32(34)25-11-9-24(10-12-25)26-13-15-29(37-18-8-17-36-23(2)33)28(21-26)27-14-16-30-31(22-27)39(5,6)20-19-38(30,3)4/h9-16,21-23,33H,7-8,17-20H2,1-6H3. The molecule has 1 aliphatic heterocycles. The summed E-state index contributed by atoms with van der Waals surface area (Å²) in [5.41, 5.74) is 4.89. The van der Waals surface area contributed by atoms with Gasteiger partial charge in [0, 0.05) is 12.0 Å². The molecule has 1 heterocycles. The van der Waals surface area contributed by atoms with Gasteiger partial charge in [-0.25, -0.2) is 4.79 Å². The maximum Gasteiger partial charge on any atom is 0.338 e. The van der Waals surface area contributed by atoms with Crippen LogP contribution in [0.5, 0.6) is 5.75 Å². The highest BCUT2D eigenvalue weighted by Gasteiger charge is 2.39. The van der Waals surface area contributed by atoms with Crippen molar-refractivity contribution >= 4 is 32.5 Å². The number of aliphatic hydroxyl groups is 1. The molecule has 0 fully saturated rings. The van der Waals surface area contributed by atoms with Gasteiger partial charge in [0.1, 0.15) is 5.75 Å². The summed E-state index contributed by atoms with van der Waals surface area (Å²) in [5, 5.41) is 12.6. The lowest BCUT2D eigenvalue weighted by Gasteiger charge is -2.40. The average Bonchev–Trinajstić information content (AvgIpc) is 2.91. The Kier molecular flexibility index (Phi) is 9.16. The second kappa shape index (κ2) is 12.2. The second-order valence-electron chi connectivity index (χ2n) is 11.7. The minimum absolute atomic E-state index is 0.305. The van der Waals surface area contributed by atoms with Gasteiger partial charge in [-0.1, -0.05) is 85.0 Å². The van der Waals surface area contributed by atoms with Crippen molar-refractivity contribution < 1.29 is 24.1 Å². The zero-order chi connectivity index (χ0) is 28.2. The number of esters is 1. The van der Waals surface area contributed by atoms with Crippen molar-refractivity contribution in [3.05, 3.63) is 66.2 Å². The van der Waals surface area contributed by atoms with Crippen LogP contribution in [0.2, 0.25) is 38.3 Å². The normalized spacial score (nSPS) is 16.3. The van der Waals surface area contributed by atoms with Gasteiger partial charge in [0.15, 0.2) is 6.29 Å². The van der Waals surface area contributed by atoms with Crippen molar-refractivity contribution in [1.29, 1.82) is 0 Å². The third kappa shape index (κ3) is 6.90. The molecule has 1 aliphatic rings. The summed E-state index contributed by atoms with van der Waals surface area (Å²) in [4.78, 5) is 12.1. The van der Waals surface area contributed by atoms with Crippen LogP contribution in [-0.2, 0) is 9.47 Å². The summed E-state index contributed by atoms with van der Waals surface area (Å²) in [5.74, 6) is 0.533. The molecule has 0 aliphatic carbocycles. The molecule has 208 valence electrons. The van der Waals surface area contributed by atoms with Crippen LogP contribution in [0.15, 0.2) is 60.7 Å². The fraction of sp³-hybridized carbons (Fsp3) is 0.406. The predicted molar refractivity (Wildman–Crippen MR) is 165 cm³/mol. The lowest BCUT2D eigenvalue weighted by molar-refractivity contribution is -0.0871. The maximum atomic E-state index is 12.1. The van der Waals surface area contributed by atoms with Crippen LogP contribution in [0.4, 0.5) is 0 Å². The molecule has 1 unspecified atom stereocenters. The van der Waals surface area contributed by atoms with Gasteiger partial charge < -0.3 is 19.3 Å². The molecule has 0 bridgehead atoms. The SMILES string of the molecule is CCOC(=O)c1ccc(-c2ccc(OCCCOC(C)O)c(-c3ccc4c(c3)[Si](C)(C)CC[Si]4(C)C)c2)cc1. The van der Waals surface area contributed by atoms with E-state index in [0.29, 0.717) is 31.8 Å². The first-order valence-electron chi connectivity index (χ1n) is 14.0. The zero-order valence-corrected chi connectivity index (χ0v) is 26.2.